The van der Waals surface area contributed by atoms with Crippen LogP contribution in [0.15, 0.2) is 89.1 Å². The Morgan fingerprint density at radius 3 is 2.42 bits per heavy atom. The number of hydrogen-bond donors (Lipinski definition) is 1. The number of carbonyl (C=O) groups is 1. The minimum absolute atomic E-state index is 0.137. The van der Waals surface area contributed by atoms with Gasteiger partial charge in [0, 0.05) is 21.8 Å². The minimum Gasteiger partial charge on any atom is -0.272 e. The third-order valence-electron chi connectivity index (χ3n) is 4.90. The van der Waals surface area contributed by atoms with Crippen LogP contribution in [0.4, 0.5) is 0 Å². The van der Waals surface area contributed by atoms with Crippen LogP contribution < -0.4 is 5.43 Å². The van der Waals surface area contributed by atoms with Crippen molar-refractivity contribution in [1.29, 1.82) is 0 Å². The van der Waals surface area contributed by atoms with Crippen molar-refractivity contribution < 1.29 is 4.79 Å². The summed E-state index contributed by atoms with van der Waals surface area (Å²) in [5, 5.41) is 14.2. The molecule has 4 aromatic rings. The third-order valence-corrected chi connectivity index (χ3v) is 6.16. The van der Waals surface area contributed by atoms with Crippen molar-refractivity contribution in [3.63, 3.8) is 0 Å². The highest BCUT2D eigenvalue weighted by molar-refractivity contribution is 7.99. The van der Waals surface area contributed by atoms with Gasteiger partial charge >= 0.3 is 0 Å². The maximum atomic E-state index is 12.5. The molecule has 0 aliphatic heterocycles. The summed E-state index contributed by atoms with van der Waals surface area (Å²) in [6.45, 7) is 3.84. The molecule has 0 fully saturated rings. The predicted octanol–water partition coefficient (Wildman–Crippen LogP) is 5.53. The molecule has 0 bridgehead atoms. The fraction of sp³-hybridized carbons (Fsp3) is 0.120. The SMILES string of the molecule is CC(=NNC(=O)CSc1nnc(-c2ccc(C)cc2)n1-c1ccccc1)c1ccccc1Cl. The quantitative estimate of drug-likeness (QED) is 0.217. The van der Waals surface area contributed by atoms with Gasteiger partial charge < -0.3 is 0 Å². The number of carbonyl (C=O) groups excluding carboxylic acids is 1. The van der Waals surface area contributed by atoms with E-state index in [1.165, 1.54) is 17.3 Å². The smallest absolute Gasteiger partial charge is 0.250 e. The fourth-order valence-electron chi connectivity index (χ4n) is 3.19. The molecule has 6 nitrogen and oxygen atoms in total. The van der Waals surface area contributed by atoms with Crippen LogP contribution in [0, 0.1) is 6.92 Å². The fourth-order valence-corrected chi connectivity index (χ4v) is 4.20. The molecular formula is C25H22ClN5OS. The molecule has 0 aliphatic rings. The lowest BCUT2D eigenvalue weighted by atomic mass is 10.1. The van der Waals surface area contributed by atoms with Gasteiger partial charge in [-0.3, -0.25) is 9.36 Å². The van der Waals surface area contributed by atoms with Gasteiger partial charge in [0.15, 0.2) is 11.0 Å². The summed E-state index contributed by atoms with van der Waals surface area (Å²) >= 11 is 7.50. The molecule has 0 saturated heterocycles. The lowest BCUT2D eigenvalue weighted by Gasteiger charge is -2.10. The average molecular weight is 476 g/mol. The molecule has 8 heteroatoms. The number of rotatable bonds is 7. The molecule has 33 heavy (non-hydrogen) atoms. The summed E-state index contributed by atoms with van der Waals surface area (Å²) in [5.74, 6) is 0.612. The van der Waals surface area contributed by atoms with E-state index in [4.69, 9.17) is 11.6 Å². The third kappa shape index (κ3) is 5.50. The maximum Gasteiger partial charge on any atom is 0.250 e. The van der Waals surface area contributed by atoms with E-state index in [1.54, 1.807) is 13.0 Å². The van der Waals surface area contributed by atoms with Crippen LogP contribution in [-0.4, -0.2) is 32.1 Å². The van der Waals surface area contributed by atoms with Gasteiger partial charge in [-0.1, -0.05) is 89.6 Å². The molecular weight excluding hydrogens is 454 g/mol. The van der Waals surface area contributed by atoms with E-state index in [0.717, 1.165) is 22.6 Å². The lowest BCUT2D eigenvalue weighted by molar-refractivity contribution is -0.118. The van der Waals surface area contributed by atoms with Gasteiger partial charge in [0.2, 0.25) is 0 Å². The Kier molecular flexibility index (Phi) is 7.22. The maximum absolute atomic E-state index is 12.5. The van der Waals surface area contributed by atoms with Crippen molar-refractivity contribution >= 4 is 35.0 Å². The molecule has 1 heterocycles. The van der Waals surface area contributed by atoms with Crippen molar-refractivity contribution in [3.8, 4) is 17.1 Å². The molecule has 1 N–H and O–H groups in total. The van der Waals surface area contributed by atoms with E-state index in [-0.39, 0.29) is 11.7 Å². The number of hydrogen-bond acceptors (Lipinski definition) is 5. The Hall–Kier alpha value is -3.42. The van der Waals surface area contributed by atoms with E-state index >= 15 is 0 Å². The van der Waals surface area contributed by atoms with Crippen molar-refractivity contribution in [2.24, 2.45) is 5.10 Å². The molecule has 1 aromatic heterocycles. The molecule has 0 unspecified atom stereocenters. The molecule has 3 aromatic carbocycles. The van der Waals surface area contributed by atoms with Gasteiger partial charge in [-0.25, -0.2) is 5.43 Å². The van der Waals surface area contributed by atoms with Crippen molar-refractivity contribution in [3.05, 3.63) is 95.0 Å². The number of benzene rings is 3. The average Bonchev–Trinajstić information content (AvgIpc) is 3.26. The zero-order chi connectivity index (χ0) is 23.2. The topological polar surface area (TPSA) is 72.2 Å². The Morgan fingerprint density at radius 2 is 1.70 bits per heavy atom. The molecule has 0 radical (unpaired) electrons. The van der Waals surface area contributed by atoms with E-state index in [0.29, 0.717) is 15.9 Å². The van der Waals surface area contributed by atoms with Crippen molar-refractivity contribution in [2.45, 2.75) is 19.0 Å². The zero-order valence-corrected chi connectivity index (χ0v) is 19.8. The van der Waals surface area contributed by atoms with E-state index < -0.39 is 0 Å². The Morgan fingerprint density at radius 1 is 1.00 bits per heavy atom. The molecule has 4 rings (SSSR count). The molecule has 0 saturated carbocycles. The van der Waals surface area contributed by atoms with Gasteiger partial charge in [0.05, 0.1) is 11.5 Å². The van der Waals surface area contributed by atoms with Crippen LogP contribution in [0.5, 0.6) is 0 Å². The van der Waals surface area contributed by atoms with E-state index in [2.05, 4.69) is 20.7 Å². The van der Waals surface area contributed by atoms with Gasteiger partial charge in [0.25, 0.3) is 5.91 Å². The number of thioether (sulfide) groups is 1. The van der Waals surface area contributed by atoms with Crippen molar-refractivity contribution in [2.75, 3.05) is 5.75 Å². The summed E-state index contributed by atoms with van der Waals surface area (Å²) in [7, 11) is 0. The van der Waals surface area contributed by atoms with Crippen LogP contribution in [-0.2, 0) is 4.79 Å². The minimum atomic E-state index is -0.245. The summed E-state index contributed by atoms with van der Waals surface area (Å²) in [6.07, 6.45) is 0. The second kappa shape index (κ2) is 10.5. The highest BCUT2D eigenvalue weighted by atomic mass is 35.5. The summed E-state index contributed by atoms with van der Waals surface area (Å²) in [4.78, 5) is 12.5. The molecule has 1 amide bonds. The van der Waals surface area contributed by atoms with Crippen LogP contribution in [0.25, 0.3) is 17.1 Å². The van der Waals surface area contributed by atoms with E-state index in [9.17, 15) is 4.79 Å². The molecule has 0 atom stereocenters. The number of para-hydroxylation sites is 1. The number of halogens is 1. The van der Waals surface area contributed by atoms with E-state index in [1.807, 2.05) is 84.3 Å². The molecule has 0 spiro atoms. The van der Waals surface area contributed by atoms with Gasteiger partial charge in [-0.2, -0.15) is 5.10 Å². The first kappa shape index (κ1) is 22.8. The van der Waals surface area contributed by atoms with Gasteiger partial charge in [-0.05, 0) is 32.0 Å². The highest BCUT2D eigenvalue weighted by Crippen LogP contribution is 2.28. The number of aryl methyl sites for hydroxylation is 1. The number of nitrogens with zero attached hydrogens (tertiary/aromatic N) is 4. The Labute approximate surface area is 201 Å². The summed E-state index contributed by atoms with van der Waals surface area (Å²) in [5.41, 5.74) is 7.05. The Balaban J connectivity index is 1.52. The van der Waals surface area contributed by atoms with Gasteiger partial charge in [0.1, 0.15) is 0 Å². The van der Waals surface area contributed by atoms with Crippen LogP contribution in [0.2, 0.25) is 5.02 Å². The zero-order valence-electron chi connectivity index (χ0n) is 18.2. The van der Waals surface area contributed by atoms with Gasteiger partial charge in [-0.15, -0.1) is 10.2 Å². The highest BCUT2D eigenvalue weighted by Gasteiger charge is 2.17. The predicted molar refractivity (Wildman–Crippen MR) is 134 cm³/mol. The molecule has 0 aliphatic carbocycles. The summed E-state index contributed by atoms with van der Waals surface area (Å²) < 4.78 is 1.96. The van der Waals surface area contributed by atoms with Crippen molar-refractivity contribution in [1.82, 2.24) is 20.2 Å². The first-order valence-corrected chi connectivity index (χ1v) is 11.7. The molecule has 166 valence electrons. The van der Waals surface area contributed by atoms with Crippen LogP contribution >= 0.6 is 23.4 Å². The second-order valence-corrected chi connectivity index (χ2v) is 8.69. The number of nitrogens with one attached hydrogen (secondary N) is 1. The second-order valence-electron chi connectivity index (χ2n) is 7.34. The number of hydrazone groups is 1. The Bertz CT molecular complexity index is 1290. The standard InChI is InChI=1S/C25H22ClN5OS/c1-17-12-14-19(15-13-17)24-29-30-25(31(24)20-8-4-3-5-9-20)33-16-23(32)28-27-18(2)21-10-6-7-11-22(21)26/h3-15H,16H2,1-2H3,(H,28,32). The van der Waals surface area contributed by atoms with Crippen LogP contribution in [0.1, 0.15) is 18.1 Å². The normalized spacial score (nSPS) is 11.4. The number of aromatic nitrogens is 3. The largest absolute Gasteiger partial charge is 0.272 e. The summed E-state index contributed by atoms with van der Waals surface area (Å²) in [6, 6.07) is 25.3. The number of amides is 1. The first-order valence-electron chi connectivity index (χ1n) is 10.3. The lowest BCUT2D eigenvalue weighted by Crippen LogP contribution is -2.21. The monoisotopic (exact) mass is 475 g/mol. The van der Waals surface area contributed by atoms with Crippen LogP contribution in [0.3, 0.4) is 0 Å². The first-order chi connectivity index (χ1) is 16.0.